The molecule has 1 saturated heterocycles. The normalized spacial score (nSPS) is 24.7. The minimum Gasteiger partial charge on any atom is -0.368 e. The monoisotopic (exact) mass is 478 g/mol. The molecule has 1 aliphatic heterocycles. The van der Waals surface area contributed by atoms with Gasteiger partial charge >= 0.3 is 0 Å². The quantitative estimate of drug-likeness (QED) is 0.326. The fraction of sp³-hybridized carbons (Fsp3) is 0.379. The van der Waals surface area contributed by atoms with Crippen molar-refractivity contribution in [3.8, 4) is 0 Å². The Hall–Kier alpha value is -2.15. The maximum Gasteiger partial charge on any atom is 0.132 e. The summed E-state index contributed by atoms with van der Waals surface area (Å²) >= 11 is 1.76. The number of rotatable bonds is 11. The van der Waals surface area contributed by atoms with Crippen molar-refractivity contribution in [1.29, 1.82) is 0 Å². The van der Waals surface area contributed by atoms with Gasteiger partial charge in [-0.25, -0.2) is 0 Å². The maximum absolute atomic E-state index is 6.57. The van der Waals surface area contributed by atoms with Crippen molar-refractivity contribution < 1.29 is 18.9 Å². The first kappa shape index (κ1) is 25.0. The molecule has 3 aromatic rings. The highest BCUT2D eigenvalue weighted by atomic mass is 32.2. The number of benzene rings is 3. The van der Waals surface area contributed by atoms with Gasteiger partial charge in [-0.1, -0.05) is 97.9 Å². The molecule has 1 heterocycles. The van der Waals surface area contributed by atoms with Crippen molar-refractivity contribution in [3.05, 3.63) is 108 Å². The fourth-order valence-corrected chi connectivity index (χ4v) is 5.17. The third kappa shape index (κ3) is 6.94. The predicted octanol–water partition coefficient (Wildman–Crippen LogP) is 6.24. The Balaban J connectivity index is 1.55. The highest BCUT2D eigenvalue weighted by molar-refractivity contribution is 7.99. The smallest absolute Gasteiger partial charge is 0.132 e. The summed E-state index contributed by atoms with van der Waals surface area (Å²) in [7, 11) is 0. The summed E-state index contributed by atoms with van der Waals surface area (Å²) in [6.07, 6.45) is -0.894. The van der Waals surface area contributed by atoms with Gasteiger partial charge in [-0.15, -0.1) is 11.8 Å². The summed E-state index contributed by atoms with van der Waals surface area (Å²) < 4.78 is 26.0. The average molecular weight is 479 g/mol. The summed E-state index contributed by atoms with van der Waals surface area (Å²) in [5.41, 5.74) is 3.26. The molecular formula is C29H34O4S. The molecule has 0 aromatic heterocycles. The molecule has 1 aliphatic rings. The Morgan fingerprint density at radius 3 is 1.47 bits per heavy atom. The molecule has 1 fully saturated rings. The van der Waals surface area contributed by atoms with Gasteiger partial charge in [-0.2, -0.15) is 0 Å². The van der Waals surface area contributed by atoms with E-state index in [2.05, 4.69) is 50.2 Å². The van der Waals surface area contributed by atoms with Gasteiger partial charge in [0.05, 0.1) is 25.9 Å². The van der Waals surface area contributed by atoms with Crippen LogP contribution in [0.25, 0.3) is 0 Å². The van der Waals surface area contributed by atoms with Crippen molar-refractivity contribution in [2.45, 2.75) is 63.5 Å². The lowest BCUT2D eigenvalue weighted by Gasteiger charge is -2.45. The first-order valence-electron chi connectivity index (χ1n) is 12.0. The van der Waals surface area contributed by atoms with Crippen molar-refractivity contribution in [2.75, 3.05) is 5.75 Å². The number of ether oxygens (including phenoxy) is 4. The van der Waals surface area contributed by atoms with Gasteiger partial charge in [0.15, 0.2) is 0 Å². The van der Waals surface area contributed by atoms with E-state index in [-0.39, 0.29) is 29.9 Å². The van der Waals surface area contributed by atoms with Gasteiger partial charge < -0.3 is 18.9 Å². The van der Waals surface area contributed by atoms with E-state index in [0.29, 0.717) is 19.8 Å². The lowest BCUT2D eigenvalue weighted by atomic mass is 9.99. The molecule has 4 nitrogen and oxygen atoms in total. The Kier molecular flexibility index (Phi) is 9.60. The molecule has 3 aromatic carbocycles. The molecule has 0 radical (unpaired) electrons. The van der Waals surface area contributed by atoms with E-state index in [9.17, 15) is 0 Å². The number of hydrogen-bond donors (Lipinski definition) is 0. The molecule has 180 valence electrons. The Morgan fingerprint density at radius 2 is 1.03 bits per heavy atom. The molecule has 0 saturated carbocycles. The molecule has 4 rings (SSSR count). The lowest BCUT2D eigenvalue weighted by molar-refractivity contribution is -0.242. The van der Waals surface area contributed by atoms with Crippen LogP contribution in [0.15, 0.2) is 91.0 Å². The van der Waals surface area contributed by atoms with Crippen LogP contribution >= 0.6 is 11.8 Å². The summed E-state index contributed by atoms with van der Waals surface area (Å²) in [5.74, 6) is 0.934. The molecule has 34 heavy (non-hydrogen) atoms. The van der Waals surface area contributed by atoms with Crippen molar-refractivity contribution in [2.24, 2.45) is 0 Å². The second-order valence-corrected chi connectivity index (χ2v) is 9.82. The topological polar surface area (TPSA) is 36.9 Å². The van der Waals surface area contributed by atoms with E-state index in [1.54, 1.807) is 11.8 Å². The first-order valence-corrected chi connectivity index (χ1v) is 13.0. The van der Waals surface area contributed by atoms with Crippen LogP contribution in [-0.2, 0) is 38.8 Å². The summed E-state index contributed by atoms with van der Waals surface area (Å²) in [6, 6.07) is 30.7. The molecular weight excluding hydrogens is 444 g/mol. The van der Waals surface area contributed by atoms with Gasteiger partial charge in [-0.05, 0) is 29.4 Å². The molecule has 0 spiro atoms. The molecule has 0 bridgehead atoms. The van der Waals surface area contributed by atoms with Crippen LogP contribution in [-0.4, -0.2) is 35.6 Å². The Labute approximate surface area is 207 Å². The van der Waals surface area contributed by atoms with Crippen LogP contribution in [0.5, 0.6) is 0 Å². The van der Waals surface area contributed by atoms with Gasteiger partial charge in [0.2, 0.25) is 0 Å². The zero-order chi connectivity index (χ0) is 23.6. The van der Waals surface area contributed by atoms with Gasteiger partial charge in [0, 0.05) is 0 Å². The minimum absolute atomic E-state index is 0.120. The van der Waals surface area contributed by atoms with E-state index in [1.165, 1.54) is 0 Å². The van der Waals surface area contributed by atoms with E-state index >= 15 is 0 Å². The number of hydrogen-bond acceptors (Lipinski definition) is 5. The summed E-state index contributed by atoms with van der Waals surface area (Å²) in [6.45, 7) is 5.72. The van der Waals surface area contributed by atoms with Crippen LogP contribution in [0.1, 0.15) is 30.5 Å². The van der Waals surface area contributed by atoms with Crippen molar-refractivity contribution in [1.82, 2.24) is 0 Å². The van der Waals surface area contributed by atoms with E-state index in [0.717, 1.165) is 22.4 Å². The molecule has 0 N–H and O–H groups in total. The highest BCUT2D eigenvalue weighted by Crippen LogP contribution is 2.34. The highest BCUT2D eigenvalue weighted by Gasteiger charge is 2.46. The van der Waals surface area contributed by atoms with Crippen LogP contribution < -0.4 is 0 Å². The molecule has 0 unspecified atom stereocenters. The van der Waals surface area contributed by atoms with Crippen LogP contribution in [0.2, 0.25) is 0 Å². The van der Waals surface area contributed by atoms with Gasteiger partial charge in [0.1, 0.15) is 23.7 Å². The van der Waals surface area contributed by atoms with E-state index in [1.807, 2.05) is 54.6 Å². The number of thioether (sulfide) groups is 1. The second-order valence-electron chi connectivity index (χ2n) is 8.45. The predicted molar refractivity (Wildman–Crippen MR) is 138 cm³/mol. The van der Waals surface area contributed by atoms with E-state index < -0.39 is 0 Å². The molecule has 0 amide bonds. The second kappa shape index (κ2) is 13.1. The maximum atomic E-state index is 6.57. The average Bonchev–Trinajstić information content (AvgIpc) is 2.88. The molecule has 5 heteroatoms. The molecule has 0 aliphatic carbocycles. The summed E-state index contributed by atoms with van der Waals surface area (Å²) in [5, 5.41) is 0. The van der Waals surface area contributed by atoms with Crippen molar-refractivity contribution in [3.63, 3.8) is 0 Å². The van der Waals surface area contributed by atoms with Gasteiger partial charge in [0.25, 0.3) is 0 Å². The third-order valence-electron chi connectivity index (χ3n) is 5.91. The third-order valence-corrected chi connectivity index (χ3v) is 6.96. The zero-order valence-electron chi connectivity index (χ0n) is 19.9. The van der Waals surface area contributed by atoms with E-state index in [4.69, 9.17) is 18.9 Å². The van der Waals surface area contributed by atoms with Crippen LogP contribution in [0.3, 0.4) is 0 Å². The fourth-order valence-electron chi connectivity index (χ4n) is 4.17. The van der Waals surface area contributed by atoms with Gasteiger partial charge in [-0.3, -0.25) is 0 Å². The largest absolute Gasteiger partial charge is 0.368 e. The summed E-state index contributed by atoms with van der Waals surface area (Å²) in [4.78, 5) is 0. The first-order chi connectivity index (χ1) is 16.7. The SMILES string of the molecule is CCS[C@H]1O[C@@H](C)[C@@H](OCc2ccccc2)[C@@H](OCc2ccccc2)[C@@H]1OCc1ccccc1. The lowest BCUT2D eigenvalue weighted by Crippen LogP contribution is -2.58. The molecule has 5 atom stereocenters. The van der Waals surface area contributed by atoms with Crippen molar-refractivity contribution >= 4 is 11.8 Å². The van der Waals surface area contributed by atoms with Crippen LogP contribution in [0.4, 0.5) is 0 Å². The zero-order valence-corrected chi connectivity index (χ0v) is 20.7. The van der Waals surface area contributed by atoms with Crippen LogP contribution in [0, 0.1) is 0 Å². The minimum atomic E-state index is -0.263. The Bertz CT molecular complexity index is 954. The Morgan fingerprint density at radius 1 is 0.618 bits per heavy atom. The standard InChI is InChI=1S/C29H34O4S/c1-3-34-29-28(32-21-25-17-11-6-12-18-25)27(31-20-24-15-9-5-10-16-24)26(22(2)33-29)30-19-23-13-7-4-8-14-23/h4-18,22,26-29H,3,19-21H2,1-2H3/t22-,26+,27+,28-,29+/m0/s1.